The van der Waals surface area contributed by atoms with Crippen LogP contribution in [-0.2, 0) is 6.54 Å². The van der Waals surface area contributed by atoms with Gasteiger partial charge in [-0.05, 0) is 60.1 Å². The molecule has 1 fully saturated rings. The normalized spacial score (nSPS) is 19.2. The lowest BCUT2D eigenvalue weighted by atomic mass is 9.94. The smallest absolute Gasteiger partial charge is 0.123 e. The van der Waals surface area contributed by atoms with Crippen molar-refractivity contribution in [3.63, 3.8) is 0 Å². The van der Waals surface area contributed by atoms with Gasteiger partial charge in [-0.25, -0.2) is 13.8 Å². The molecule has 4 nitrogen and oxygen atoms in total. The fraction of sp³-hybridized carbons (Fsp3) is 0.269. The first-order chi connectivity index (χ1) is 15.5. The molecule has 0 radical (unpaired) electrons. The molecular weight excluding hydrogens is 406 g/mol. The number of rotatable bonds is 4. The molecule has 5 rings (SSSR count). The van der Waals surface area contributed by atoms with Crippen LogP contribution < -0.4 is 5.32 Å². The number of anilines is 1. The zero-order chi connectivity index (χ0) is 22.1. The van der Waals surface area contributed by atoms with Crippen LogP contribution in [-0.4, -0.2) is 48.7 Å². The number of hydrogen-bond acceptors (Lipinski definition) is 4. The Morgan fingerprint density at radius 3 is 2.22 bits per heavy atom. The lowest BCUT2D eigenvalue weighted by molar-refractivity contribution is 0.148. The lowest BCUT2D eigenvalue weighted by Gasteiger charge is -2.33. The zero-order valence-electron chi connectivity index (χ0n) is 18.1. The molecule has 3 aromatic rings. The Morgan fingerprint density at radius 2 is 1.53 bits per heavy atom. The third-order valence-corrected chi connectivity index (χ3v) is 6.22. The quantitative estimate of drug-likeness (QED) is 0.630. The first-order valence-corrected chi connectivity index (χ1v) is 11.0. The second-order valence-corrected chi connectivity index (χ2v) is 8.56. The van der Waals surface area contributed by atoms with Gasteiger partial charge in [0.15, 0.2) is 0 Å². The second kappa shape index (κ2) is 8.81. The van der Waals surface area contributed by atoms with E-state index >= 15 is 0 Å². The van der Waals surface area contributed by atoms with Crippen molar-refractivity contribution in [1.29, 1.82) is 0 Å². The van der Waals surface area contributed by atoms with Gasteiger partial charge < -0.3 is 10.2 Å². The standard InChI is InChI=1S/C26H26F2N4/c1-31-12-14-32(15-13-31)17-18-2-11-23-24(16-18)30-26(20-5-9-22(28)10-6-20)25(29-23)19-3-7-21(27)8-4-19/h2-11,16,26,30H,12-15,17H2,1H3. The third-order valence-electron chi connectivity index (χ3n) is 6.22. The molecule has 1 atom stereocenters. The van der Waals surface area contributed by atoms with Gasteiger partial charge in [0.25, 0.3) is 0 Å². The number of hydrogen-bond donors (Lipinski definition) is 1. The van der Waals surface area contributed by atoms with E-state index in [2.05, 4.69) is 34.3 Å². The van der Waals surface area contributed by atoms with Gasteiger partial charge in [0, 0.05) is 32.7 Å². The van der Waals surface area contributed by atoms with Crippen molar-refractivity contribution >= 4 is 17.1 Å². The molecule has 2 aliphatic heterocycles. The average Bonchev–Trinajstić information content (AvgIpc) is 2.81. The van der Waals surface area contributed by atoms with E-state index in [9.17, 15) is 8.78 Å². The monoisotopic (exact) mass is 432 g/mol. The molecule has 0 aromatic heterocycles. The molecular formula is C26H26F2N4. The van der Waals surface area contributed by atoms with E-state index in [1.54, 1.807) is 24.3 Å². The van der Waals surface area contributed by atoms with Crippen LogP contribution in [0.15, 0.2) is 71.7 Å². The third kappa shape index (κ3) is 4.42. The van der Waals surface area contributed by atoms with Crippen LogP contribution >= 0.6 is 0 Å². The molecule has 1 unspecified atom stereocenters. The van der Waals surface area contributed by atoms with Crippen LogP contribution in [0.1, 0.15) is 22.7 Å². The fourth-order valence-corrected chi connectivity index (χ4v) is 4.33. The van der Waals surface area contributed by atoms with E-state index in [1.807, 2.05) is 6.07 Å². The highest BCUT2D eigenvalue weighted by Crippen LogP contribution is 2.37. The molecule has 0 bridgehead atoms. The van der Waals surface area contributed by atoms with Gasteiger partial charge in [0.1, 0.15) is 11.6 Å². The topological polar surface area (TPSA) is 30.9 Å². The van der Waals surface area contributed by atoms with E-state index in [0.717, 1.165) is 60.9 Å². The highest BCUT2D eigenvalue weighted by molar-refractivity contribution is 6.10. The first kappa shape index (κ1) is 20.8. The number of likely N-dealkylation sites (N-methyl/N-ethyl adjacent to an activating group) is 1. The minimum Gasteiger partial charge on any atom is -0.371 e. The van der Waals surface area contributed by atoms with Gasteiger partial charge in [0.05, 0.1) is 23.1 Å². The van der Waals surface area contributed by atoms with Gasteiger partial charge in [-0.3, -0.25) is 4.90 Å². The highest BCUT2D eigenvalue weighted by atomic mass is 19.1. The Hall–Kier alpha value is -3.09. The highest BCUT2D eigenvalue weighted by Gasteiger charge is 2.26. The minimum absolute atomic E-state index is 0.257. The van der Waals surface area contributed by atoms with Crippen molar-refractivity contribution in [2.75, 3.05) is 38.5 Å². The molecule has 0 saturated carbocycles. The van der Waals surface area contributed by atoms with E-state index in [4.69, 9.17) is 4.99 Å². The molecule has 0 aliphatic carbocycles. The summed E-state index contributed by atoms with van der Waals surface area (Å²) < 4.78 is 27.1. The summed E-state index contributed by atoms with van der Waals surface area (Å²) in [5.41, 5.74) is 5.57. The Balaban J connectivity index is 1.48. The van der Waals surface area contributed by atoms with Gasteiger partial charge in [-0.2, -0.15) is 0 Å². The molecule has 164 valence electrons. The van der Waals surface area contributed by atoms with Crippen molar-refractivity contribution in [3.05, 3.63) is 95.1 Å². The van der Waals surface area contributed by atoms with Crippen molar-refractivity contribution in [3.8, 4) is 0 Å². The second-order valence-electron chi connectivity index (χ2n) is 8.56. The number of nitrogens with one attached hydrogen (secondary N) is 1. The Morgan fingerprint density at radius 1 is 0.875 bits per heavy atom. The van der Waals surface area contributed by atoms with Gasteiger partial charge >= 0.3 is 0 Å². The molecule has 3 aromatic carbocycles. The van der Waals surface area contributed by atoms with E-state index in [-0.39, 0.29) is 17.7 Å². The van der Waals surface area contributed by atoms with Crippen molar-refractivity contribution in [2.45, 2.75) is 12.6 Å². The summed E-state index contributed by atoms with van der Waals surface area (Å²) in [4.78, 5) is 9.76. The van der Waals surface area contributed by atoms with Crippen LogP contribution in [0.4, 0.5) is 20.2 Å². The molecule has 6 heteroatoms. The molecule has 32 heavy (non-hydrogen) atoms. The number of nitrogens with zero attached hydrogens (tertiary/aromatic N) is 3. The van der Waals surface area contributed by atoms with E-state index < -0.39 is 0 Å². The maximum absolute atomic E-state index is 13.6. The summed E-state index contributed by atoms with van der Waals surface area (Å²) in [5.74, 6) is -0.565. The van der Waals surface area contributed by atoms with Gasteiger partial charge in [-0.1, -0.05) is 30.3 Å². The number of halogens is 2. The SMILES string of the molecule is CN1CCN(Cc2ccc3c(c2)NC(c2ccc(F)cc2)C(c2ccc(F)cc2)=N3)CC1. The summed E-state index contributed by atoms with van der Waals surface area (Å²) in [7, 11) is 2.16. The maximum atomic E-state index is 13.6. The Bertz CT molecular complexity index is 1120. The molecule has 0 spiro atoms. The molecule has 1 N–H and O–H groups in total. The summed E-state index contributed by atoms with van der Waals surface area (Å²) in [6, 6.07) is 18.9. The van der Waals surface area contributed by atoms with E-state index in [1.165, 1.54) is 29.8 Å². The fourth-order valence-electron chi connectivity index (χ4n) is 4.33. The van der Waals surface area contributed by atoms with Crippen molar-refractivity contribution in [1.82, 2.24) is 9.80 Å². The van der Waals surface area contributed by atoms with Crippen molar-refractivity contribution in [2.24, 2.45) is 4.99 Å². The molecule has 2 aliphatic rings. The maximum Gasteiger partial charge on any atom is 0.123 e. The van der Waals surface area contributed by atoms with Crippen LogP contribution in [0.25, 0.3) is 0 Å². The van der Waals surface area contributed by atoms with Gasteiger partial charge in [0.2, 0.25) is 0 Å². The summed E-state index contributed by atoms with van der Waals surface area (Å²) >= 11 is 0. The average molecular weight is 433 g/mol. The van der Waals surface area contributed by atoms with E-state index in [0.29, 0.717) is 0 Å². The van der Waals surface area contributed by atoms with Gasteiger partial charge in [-0.15, -0.1) is 0 Å². The van der Waals surface area contributed by atoms with Crippen LogP contribution in [0.2, 0.25) is 0 Å². The molecule has 1 saturated heterocycles. The lowest BCUT2D eigenvalue weighted by Crippen LogP contribution is -2.43. The summed E-state index contributed by atoms with van der Waals surface area (Å²) in [6.45, 7) is 5.19. The predicted molar refractivity (Wildman–Crippen MR) is 125 cm³/mol. The number of aliphatic imine (C=N–C) groups is 1. The summed E-state index contributed by atoms with van der Waals surface area (Å²) in [5, 5.41) is 3.61. The minimum atomic E-state index is -0.287. The van der Waals surface area contributed by atoms with Crippen LogP contribution in [0.5, 0.6) is 0 Å². The number of fused-ring (bicyclic) bond motifs is 1. The summed E-state index contributed by atoms with van der Waals surface area (Å²) in [6.07, 6.45) is 0. The molecule has 2 heterocycles. The first-order valence-electron chi connectivity index (χ1n) is 11.0. The van der Waals surface area contributed by atoms with Crippen LogP contribution in [0.3, 0.4) is 0 Å². The number of piperazine rings is 1. The zero-order valence-corrected chi connectivity index (χ0v) is 18.1. The number of benzene rings is 3. The largest absolute Gasteiger partial charge is 0.371 e. The van der Waals surface area contributed by atoms with Crippen LogP contribution in [0, 0.1) is 11.6 Å². The predicted octanol–water partition coefficient (Wildman–Crippen LogP) is 5.00. The molecule has 0 amide bonds. The van der Waals surface area contributed by atoms with Crippen molar-refractivity contribution < 1.29 is 8.78 Å². The Labute approximate surface area is 187 Å². The Kier molecular flexibility index (Phi) is 5.72.